The summed E-state index contributed by atoms with van der Waals surface area (Å²) >= 11 is 0. The van der Waals surface area contributed by atoms with E-state index in [2.05, 4.69) is 0 Å². The van der Waals surface area contributed by atoms with Gasteiger partial charge in [0.2, 0.25) is 0 Å². The number of carboxylic acids is 1. The standard InChI is InChI=1S/C8H8O3.La/c9-7(8(10)11)6-4-2-1-3-5-6;/h1-5,7,9H,(H,10,11);. The first-order valence-corrected chi connectivity index (χ1v) is 3.17. The van der Waals surface area contributed by atoms with Crippen molar-refractivity contribution in [1.82, 2.24) is 0 Å². The van der Waals surface area contributed by atoms with Crippen LogP contribution in [0.5, 0.6) is 0 Å². The van der Waals surface area contributed by atoms with E-state index in [1.807, 2.05) is 0 Å². The number of aliphatic hydroxyl groups is 1. The van der Waals surface area contributed by atoms with Gasteiger partial charge in [-0.15, -0.1) is 0 Å². The van der Waals surface area contributed by atoms with Gasteiger partial charge in [0.1, 0.15) is 0 Å². The second-order valence-corrected chi connectivity index (χ2v) is 2.15. The smallest absolute Gasteiger partial charge is 0.337 e. The summed E-state index contributed by atoms with van der Waals surface area (Å²) in [6, 6.07) is 8.26. The third kappa shape index (κ3) is 3.07. The van der Waals surface area contributed by atoms with Gasteiger partial charge in [0.05, 0.1) is 0 Å². The minimum Gasteiger partial charge on any atom is -0.479 e. The normalized spacial score (nSPS) is 11.4. The van der Waals surface area contributed by atoms with E-state index < -0.39 is 12.1 Å². The average Bonchev–Trinajstić information content (AvgIpc) is 2.05. The zero-order chi connectivity index (χ0) is 8.27. The molecule has 0 saturated heterocycles. The Kier molecular flexibility index (Phi) is 5.41. The van der Waals surface area contributed by atoms with Gasteiger partial charge in [-0.2, -0.15) is 0 Å². The van der Waals surface area contributed by atoms with Crippen LogP contribution in [0.1, 0.15) is 11.7 Å². The van der Waals surface area contributed by atoms with Crippen molar-refractivity contribution in [3.63, 3.8) is 0 Å². The predicted octanol–water partition coefficient (Wildman–Crippen LogP) is 0.805. The molecule has 0 heterocycles. The fourth-order valence-corrected chi connectivity index (χ4v) is 0.778. The first kappa shape index (κ1) is 11.8. The summed E-state index contributed by atoms with van der Waals surface area (Å²) in [6.07, 6.45) is -1.41. The number of carbonyl (C=O) groups is 1. The van der Waals surface area contributed by atoms with Gasteiger partial charge in [0.15, 0.2) is 6.10 Å². The van der Waals surface area contributed by atoms with E-state index >= 15 is 0 Å². The Labute approximate surface area is 98.0 Å². The van der Waals surface area contributed by atoms with Crippen LogP contribution in [0.3, 0.4) is 0 Å². The number of carboxylic acid groups (broad SMARTS) is 1. The number of rotatable bonds is 2. The predicted molar refractivity (Wildman–Crippen MR) is 39.0 cm³/mol. The van der Waals surface area contributed by atoms with E-state index in [0.717, 1.165) is 0 Å². The molecule has 1 aromatic rings. The monoisotopic (exact) mass is 291 g/mol. The molecule has 0 aromatic heterocycles. The topological polar surface area (TPSA) is 57.5 Å². The molecule has 1 unspecified atom stereocenters. The van der Waals surface area contributed by atoms with Gasteiger partial charge in [-0.3, -0.25) is 0 Å². The van der Waals surface area contributed by atoms with Gasteiger partial charge in [-0.1, -0.05) is 30.3 Å². The second-order valence-electron chi connectivity index (χ2n) is 2.15. The number of aliphatic hydroxyl groups excluding tert-OH is 1. The van der Waals surface area contributed by atoms with Gasteiger partial charge in [-0.25, -0.2) is 4.79 Å². The molecule has 1 aromatic carbocycles. The third-order valence-corrected chi connectivity index (χ3v) is 1.35. The van der Waals surface area contributed by atoms with Crippen LogP contribution in [0, 0.1) is 35.6 Å². The van der Waals surface area contributed by atoms with E-state index in [4.69, 9.17) is 10.2 Å². The van der Waals surface area contributed by atoms with E-state index in [9.17, 15) is 4.79 Å². The van der Waals surface area contributed by atoms with Crippen LogP contribution in [0.4, 0.5) is 0 Å². The molecule has 0 bridgehead atoms. The van der Waals surface area contributed by atoms with Crippen LogP contribution < -0.4 is 0 Å². The van der Waals surface area contributed by atoms with Crippen molar-refractivity contribution < 1.29 is 50.6 Å². The first-order valence-electron chi connectivity index (χ1n) is 3.17. The van der Waals surface area contributed by atoms with Crippen molar-refractivity contribution >= 4 is 5.97 Å². The minimum absolute atomic E-state index is 0. The Bertz CT molecular complexity index is 248. The Morgan fingerprint density at radius 2 is 1.75 bits per heavy atom. The molecule has 3 nitrogen and oxygen atoms in total. The zero-order valence-electron chi connectivity index (χ0n) is 6.34. The van der Waals surface area contributed by atoms with Crippen LogP contribution >= 0.6 is 0 Å². The van der Waals surface area contributed by atoms with Crippen molar-refractivity contribution in [2.75, 3.05) is 0 Å². The van der Waals surface area contributed by atoms with Crippen molar-refractivity contribution in [3.8, 4) is 0 Å². The maximum Gasteiger partial charge on any atom is 0.337 e. The van der Waals surface area contributed by atoms with Crippen LogP contribution in [-0.4, -0.2) is 16.2 Å². The minimum atomic E-state index is -1.41. The number of hydrogen-bond donors (Lipinski definition) is 2. The van der Waals surface area contributed by atoms with Crippen LogP contribution in [-0.2, 0) is 4.79 Å². The molecule has 0 spiro atoms. The summed E-state index contributed by atoms with van der Waals surface area (Å²) in [6.45, 7) is 0. The molecule has 1 rings (SSSR count). The van der Waals surface area contributed by atoms with Crippen molar-refractivity contribution in [1.29, 1.82) is 0 Å². The molecule has 0 aliphatic heterocycles. The SMILES string of the molecule is O=C(O)C(O)c1ccccc1.[La]. The molecular formula is C8H8LaO3. The second kappa shape index (κ2) is 5.48. The fraction of sp³-hybridized carbons (Fsp3) is 0.125. The third-order valence-electron chi connectivity index (χ3n) is 1.35. The number of aliphatic carboxylic acids is 1. The van der Waals surface area contributed by atoms with Gasteiger partial charge in [0.25, 0.3) is 0 Å². The number of hydrogen-bond acceptors (Lipinski definition) is 2. The summed E-state index contributed by atoms with van der Waals surface area (Å²) in [4.78, 5) is 10.2. The van der Waals surface area contributed by atoms with Crippen molar-refractivity contribution in [3.05, 3.63) is 35.9 Å². The molecular weight excluding hydrogens is 283 g/mol. The summed E-state index contributed by atoms with van der Waals surface area (Å²) < 4.78 is 0. The maximum absolute atomic E-state index is 10.2. The van der Waals surface area contributed by atoms with E-state index in [-0.39, 0.29) is 35.6 Å². The van der Waals surface area contributed by atoms with Crippen LogP contribution in [0.25, 0.3) is 0 Å². The van der Waals surface area contributed by atoms with Gasteiger partial charge >= 0.3 is 5.97 Å². The van der Waals surface area contributed by atoms with E-state index in [0.29, 0.717) is 5.56 Å². The molecule has 12 heavy (non-hydrogen) atoms. The zero-order valence-corrected chi connectivity index (χ0v) is 9.97. The molecule has 0 saturated carbocycles. The summed E-state index contributed by atoms with van der Waals surface area (Å²) in [5.41, 5.74) is 0.403. The summed E-state index contributed by atoms with van der Waals surface area (Å²) in [5, 5.41) is 17.4. The van der Waals surface area contributed by atoms with Crippen molar-refractivity contribution in [2.45, 2.75) is 6.10 Å². The van der Waals surface area contributed by atoms with Crippen molar-refractivity contribution in [2.24, 2.45) is 0 Å². The van der Waals surface area contributed by atoms with Gasteiger partial charge in [0, 0.05) is 35.6 Å². The van der Waals surface area contributed by atoms with E-state index in [1.54, 1.807) is 30.3 Å². The molecule has 0 aliphatic rings. The maximum atomic E-state index is 10.2. The molecule has 1 radical (unpaired) electrons. The Hall–Kier alpha value is -0.155. The summed E-state index contributed by atoms with van der Waals surface area (Å²) in [5.74, 6) is -1.23. The molecule has 61 valence electrons. The summed E-state index contributed by atoms with van der Waals surface area (Å²) in [7, 11) is 0. The number of benzene rings is 1. The quantitative estimate of drug-likeness (QED) is 0.847. The van der Waals surface area contributed by atoms with Crippen LogP contribution in [0.15, 0.2) is 30.3 Å². The van der Waals surface area contributed by atoms with Crippen LogP contribution in [0.2, 0.25) is 0 Å². The molecule has 0 amide bonds. The van der Waals surface area contributed by atoms with Gasteiger partial charge in [-0.05, 0) is 5.56 Å². The molecule has 4 heteroatoms. The Morgan fingerprint density at radius 1 is 1.25 bits per heavy atom. The Morgan fingerprint density at radius 3 is 2.17 bits per heavy atom. The van der Waals surface area contributed by atoms with Gasteiger partial charge < -0.3 is 10.2 Å². The molecule has 2 N–H and O–H groups in total. The molecule has 0 aliphatic carbocycles. The molecule has 0 fully saturated rings. The fourth-order valence-electron chi connectivity index (χ4n) is 0.778. The molecule has 1 atom stereocenters. The first-order chi connectivity index (χ1) is 5.22. The van der Waals surface area contributed by atoms with E-state index in [1.165, 1.54) is 0 Å². The average molecular weight is 291 g/mol. The Balaban J connectivity index is 0.00000121. The largest absolute Gasteiger partial charge is 0.479 e.